The zero-order chi connectivity index (χ0) is 20.8. The van der Waals surface area contributed by atoms with Crippen LogP contribution in [0.5, 0.6) is 0 Å². The quantitative estimate of drug-likeness (QED) is 0.440. The van der Waals surface area contributed by atoms with Crippen molar-refractivity contribution in [1.82, 2.24) is 15.0 Å². The highest BCUT2D eigenvalue weighted by Crippen LogP contribution is 2.30. The van der Waals surface area contributed by atoms with Crippen LogP contribution >= 0.6 is 0 Å². The SMILES string of the molecule is CO[C@H]1O[C@H](Cn2cc(CO)nn2)[C@@H](OC(C)=O)[C@H](OC(C)=O)[C@H]1OC(C)=O. The molecule has 0 aromatic carbocycles. The van der Waals surface area contributed by atoms with E-state index in [1.54, 1.807) is 0 Å². The standard InChI is InChI=1S/C16H23N3O9/c1-8(21)25-13-12(6-19-5-11(7-20)17-18-19)28-16(24-4)15(27-10(3)23)14(13)26-9(2)22/h5,12-16,20H,6-7H2,1-4H3/t12-,13-,14+,15-,16+/m1/s1. The smallest absolute Gasteiger partial charge is 0.303 e. The molecule has 12 nitrogen and oxygen atoms in total. The van der Waals surface area contributed by atoms with Crippen molar-refractivity contribution in [3.63, 3.8) is 0 Å². The van der Waals surface area contributed by atoms with Crippen molar-refractivity contribution in [2.24, 2.45) is 0 Å². The fourth-order valence-corrected chi connectivity index (χ4v) is 2.88. The van der Waals surface area contributed by atoms with E-state index < -0.39 is 48.6 Å². The van der Waals surface area contributed by atoms with Crippen LogP contribution in [0.15, 0.2) is 6.20 Å². The van der Waals surface area contributed by atoms with Crippen LogP contribution in [-0.2, 0) is 51.2 Å². The van der Waals surface area contributed by atoms with Gasteiger partial charge in [0.2, 0.25) is 0 Å². The molecule has 28 heavy (non-hydrogen) atoms. The minimum atomic E-state index is -1.17. The van der Waals surface area contributed by atoms with E-state index in [0.717, 1.165) is 0 Å². The van der Waals surface area contributed by atoms with Gasteiger partial charge in [-0.25, -0.2) is 4.68 Å². The van der Waals surface area contributed by atoms with Crippen molar-refractivity contribution in [2.75, 3.05) is 7.11 Å². The first-order valence-corrected chi connectivity index (χ1v) is 8.45. The predicted octanol–water partition coefficient (Wildman–Crippen LogP) is -1.06. The van der Waals surface area contributed by atoms with Crippen molar-refractivity contribution < 1.29 is 43.2 Å². The van der Waals surface area contributed by atoms with E-state index in [1.807, 2.05) is 0 Å². The Bertz CT molecular complexity index is 707. The van der Waals surface area contributed by atoms with Gasteiger partial charge in [0.25, 0.3) is 0 Å². The van der Waals surface area contributed by atoms with Crippen LogP contribution in [0.25, 0.3) is 0 Å². The zero-order valence-electron chi connectivity index (χ0n) is 15.9. The van der Waals surface area contributed by atoms with E-state index >= 15 is 0 Å². The second kappa shape index (κ2) is 9.57. The molecule has 0 spiro atoms. The van der Waals surface area contributed by atoms with Gasteiger partial charge in [0.1, 0.15) is 11.8 Å². The van der Waals surface area contributed by atoms with Crippen molar-refractivity contribution in [3.05, 3.63) is 11.9 Å². The van der Waals surface area contributed by atoms with Crippen LogP contribution in [0.2, 0.25) is 0 Å². The van der Waals surface area contributed by atoms with E-state index in [4.69, 9.17) is 28.8 Å². The van der Waals surface area contributed by atoms with Crippen molar-refractivity contribution in [1.29, 1.82) is 0 Å². The lowest BCUT2D eigenvalue weighted by atomic mass is 9.97. The van der Waals surface area contributed by atoms with Gasteiger partial charge in [-0.1, -0.05) is 5.21 Å². The Morgan fingerprint density at radius 1 is 1.07 bits per heavy atom. The predicted molar refractivity (Wildman–Crippen MR) is 88.3 cm³/mol. The maximum Gasteiger partial charge on any atom is 0.303 e. The summed E-state index contributed by atoms with van der Waals surface area (Å²) in [6.45, 7) is 3.27. The number of aliphatic hydroxyl groups excluding tert-OH is 1. The van der Waals surface area contributed by atoms with Gasteiger partial charge in [0.05, 0.1) is 19.3 Å². The van der Waals surface area contributed by atoms with Crippen molar-refractivity contribution in [3.8, 4) is 0 Å². The van der Waals surface area contributed by atoms with Gasteiger partial charge < -0.3 is 28.8 Å². The average molecular weight is 401 g/mol. The van der Waals surface area contributed by atoms with Crippen molar-refractivity contribution >= 4 is 17.9 Å². The average Bonchev–Trinajstić information content (AvgIpc) is 3.06. The van der Waals surface area contributed by atoms with Gasteiger partial charge in [-0.3, -0.25) is 14.4 Å². The molecule has 2 heterocycles. The molecule has 1 N–H and O–H groups in total. The Morgan fingerprint density at radius 3 is 2.14 bits per heavy atom. The molecule has 12 heteroatoms. The number of ether oxygens (including phenoxy) is 5. The van der Waals surface area contributed by atoms with Gasteiger partial charge in [-0.2, -0.15) is 0 Å². The van der Waals surface area contributed by atoms with Crippen LogP contribution in [0.3, 0.4) is 0 Å². The number of rotatable bonds is 7. The Labute approximate surface area is 160 Å². The second-order valence-corrected chi connectivity index (χ2v) is 6.09. The maximum absolute atomic E-state index is 11.6. The highest BCUT2D eigenvalue weighted by Gasteiger charge is 2.52. The van der Waals surface area contributed by atoms with Crippen LogP contribution < -0.4 is 0 Å². The third-order valence-corrected chi connectivity index (χ3v) is 3.84. The minimum Gasteiger partial charge on any atom is -0.456 e. The van der Waals surface area contributed by atoms with Gasteiger partial charge in [-0.05, 0) is 0 Å². The monoisotopic (exact) mass is 401 g/mol. The van der Waals surface area contributed by atoms with Crippen LogP contribution in [0.1, 0.15) is 26.5 Å². The molecule has 2 rings (SSSR count). The first kappa shape index (κ1) is 21.7. The third kappa shape index (κ3) is 5.47. The molecule has 1 fully saturated rings. The summed E-state index contributed by atoms with van der Waals surface area (Å²) in [4.78, 5) is 34.8. The Balaban J connectivity index is 2.36. The largest absolute Gasteiger partial charge is 0.456 e. The number of hydrogen-bond donors (Lipinski definition) is 1. The summed E-state index contributed by atoms with van der Waals surface area (Å²) in [6, 6.07) is 0. The van der Waals surface area contributed by atoms with E-state index in [0.29, 0.717) is 5.69 Å². The first-order valence-electron chi connectivity index (χ1n) is 8.45. The fraction of sp³-hybridized carbons (Fsp3) is 0.688. The maximum atomic E-state index is 11.6. The molecule has 1 aromatic heterocycles. The Hall–Kier alpha value is -2.57. The number of carbonyl (C=O) groups is 3. The summed E-state index contributed by atoms with van der Waals surface area (Å²) in [5, 5.41) is 16.7. The molecular weight excluding hydrogens is 378 g/mol. The molecule has 0 radical (unpaired) electrons. The van der Waals surface area contributed by atoms with Crippen molar-refractivity contribution in [2.45, 2.75) is 64.6 Å². The van der Waals surface area contributed by atoms with Crippen LogP contribution in [-0.4, -0.2) is 75.8 Å². The molecule has 1 aliphatic rings. The molecule has 0 saturated carbocycles. The summed E-state index contributed by atoms with van der Waals surface area (Å²) in [5.41, 5.74) is 0.331. The number of aromatic nitrogens is 3. The highest BCUT2D eigenvalue weighted by atomic mass is 16.7. The summed E-state index contributed by atoms with van der Waals surface area (Å²) in [5.74, 6) is -1.97. The number of esters is 3. The topological polar surface area (TPSA) is 148 Å². The van der Waals surface area contributed by atoms with Crippen LogP contribution in [0, 0.1) is 0 Å². The summed E-state index contributed by atoms with van der Waals surface area (Å²) < 4.78 is 28.3. The van der Waals surface area contributed by atoms with Crippen LogP contribution in [0.4, 0.5) is 0 Å². The number of methoxy groups -OCH3 is 1. The van der Waals surface area contributed by atoms with E-state index in [1.165, 1.54) is 38.8 Å². The Kier molecular flexibility index (Phi) is 7.43. The molecule has 156 valence electrons. The number of carbonyl (C=O) groups excluding carboxylic acids is 3. The molecule has 0 aliphatic carbocycles. The van der Waals surface area contributed by atoms with Gasteiger partial charge in [-0.15, -0.1) is 5.10 Å². The lowest BCUT2D eigenvalue weighted by Crippen LogP contribution is -2.62. The molecule has 5 atom stereocenters. The molecule has 1 aliphatic heterocycles. The van der Waals surface area contributed by atoms with Gasteiger partial charge >= 0.3 is 17.9 Å². The third-order valence-electron chi connectivity index (χ3n) is 3.84. The highest BCUT2D eigenvalue weighted by molar-refractivity contribution is 5.68. The number of aliphatic hydroxyl groups is 1. The number of hydrogen-bond acceptors (Lipinski definition) is 11. The van der Waals surface area contributed by atoms with Gasteiger partial charge in [0.15, 0.2) is 24.6 Å². The molecule has 1 saturated heterocycles. The summed E-state index contributed by atoms with van der Waals surface area (Å²) in [6.07, 6.45) is -3.93. The first-order chi connectivity index (χ1) is 13.2. The molecule has 0 bridgehead atoms. The molecule has 0 amide bonds. The van der Waals surface area contributed by atoms with E-state index in [-0.39, 0.29) is 13.2 Å². The molecule has 0 unspecified atom stereocenters. The normalized spacial score (nSPS) is 27.1. The summed E-state index contributed by atoms with van der Waals surface area (Å²) in [7, 11) is 1.33. The number of nitrogens with zero attached hydrogens (tertiary/aromatic N) is 3. The lowest BCUT2D eigenvalue weighted by molar-refractivity contribution is -0.300. The van der Waals surface area contributed by atoms with Gasteiger partial charge in [0, 0.05) is 27.9 Å². The molecule has 1 aromatic rings. The fourth-order valence-electron chi connectivity index (χ4n) is 2.88. The Morgan fingerprint density at radius 2 is 1.64 bits per heavy atom. The summed E-state index contributed by atoms with van der Waals surface area (Å²) >= 11 is 0. The second-order valence-electron chi connectivity index (χ2n) is 6.09. The zero-order valence-corrected chi connectivity index (χ0v) is 15.9. The minimum absolute atomic E-state index is 0.0371. The van der Waals surface area contributed by atoms with E-state index in [2.05, 4.69) is 10.3 Å². The lowest BCUT2D eigenvalue weighted by Gasteiger charge is -2.43. The van der Waals surface area contributed by atoms with E-state index in [9.17, 15) is 14.4 Å². The molecular formula is C16H23N3O9.